The van der Waals surface area contributed by atoms with Gasteiger partial charge in [-0.15, -0.1) is 0 Å². The van der Waals surface area contributed by atoms with Crippen LogP contribution in [0.3, 0.4) is 0 Å². The number of hydrogen-bond donors (Lipinski definition) is 3. The molecule has 0 saturated heterocycles. The van der Waals surface area contributed by atoms with E-state index in [0.717, 1.165) is 25.7 Å². The van der Waals surface area contributed by atoms with Gasteiger partial charge in [-0.1, -0.05) is 33.3 Å². The molecule has 0 aliphatic heterocycles. The molecular formula is C33H47NO10. The van der Waals surface area contributed by atoms with Crippen molar-refractivity contribution in [2.24, 2.45) is 34.0 Å². The van der Waals surface area contributed by atoms with E-state index < -0.39 is 58.7 Å². The minimum atomic E-state index is -1.68. The molecule has 44 heavy (non-hydrogen) atoms. The Morgan fingerprint density at radius 3 is 2.36 bits per heavy atom. The highest BCUT2D eigenvalue weighted by Crippen LogP contribution is 2.68. The molecule has 1 amide bonds. The Morgan fingerprint density at radius 2 is 1.70 bits per heavy atom. The second kappa shape index (κ2) is 12.4. The highest BCUT2D eigenvalue weighted by atomic mass is 16.6. The van der Waals surface area contributed by atoms with Gasteiger partial charge in [-0.2, -0.15) is 0 Å². The molecule has 0 spiro atoms. The number of nitrogens with one attached hydrogen (secondary N) is 1. The number of Topliss-reactive ketones (excluding diaryl/α,β-unsaturated/α-hetero) is 1. The zero-order valence-electron chi connectivity index (χ0n) is 26.5. The molecule has 0 heterocycles. The molecule has 11 heteroatoms. The number of aliphatic carboxylic acids is 1. The summed E-state index contributed by atoms with van der Waals surface area (Å²) in [6, 6.07) is 0. The molecule has 0 radical (unpaired) electrons. The number of aliphatic hydroxyl groups is 1. The van der Waals surface area contributed by atoms with Crippen LogP contribution < -0.4 is 5.32 Å². The number of amides is 1. The summed E-state index contributed by atoms with van der Waals surface area (Å²) in [4.78, 5) is 74.3. The first-order chi connectivity index (χ1) is 20.5. The van der Waals surface area contributed by atoms with Crippen molar-refractivity contribution in [1.82, 2.24) is 5.32 Å². The lowest BCUT2D eigenvalue weighted by Crippen LogP contribution is -2.59. The van der Waals surface area contributed by atoms with Crippen molar-refractivity contribution in [3.63, 3.8) is 0 Å². The van der Waals surface area contributed by atoms with Gasteiger partial charge >= 0.3 is 17.9 Å². The van der Waals surface area contributed by atoms with Crippen LogP contribution in [-0.4, -0.2) is 70.5 Å². The van der Waals surface area contributed by atoms with E-state index in [-0.39, 0.29) is 36.5 Å². The Hall–Kier alpha value is -3.08. The predicted molar refractivity (Wildman–Crippen MR) is 157 cm³/mol. The summed E-state index contributed by atoms with van der Waals surface area (Å²) in [6.07, 6.45) is 5.40. The van der Waals surface area contributed by atoms with Crippen molar-refractivity contribution >= 4 is 35.4 Å². The summed E-state index contributed by atoms with van der Waals surface area (Å²) in [5, 5.41) is 21.3. The summed E-state index contributed by atoms with van der Waals surface area (Å²) in [5.41, 5.74) is -1.96. The maximum Gasteiger partial charge on any atom is 0.333 e. The quantitative estimate of drug-likeness (QED) is 0.292. The van der Waals surface area contributed by atoms with Crippen LogP contribution in [-0.2, 0) is 38.2 Å². The van der Waals surface area contributed by atoms with Crippen LogP contribution in [0.15, 0.2) is 11.6 Å². The lowest BCUT2D eigenvalue weighted by atomic mass is 9.46. The molecule has 11 nitrogen and oxygen atoms in total. The first-order valence-electron chi connectivity index (χ1n) is 15.8. The summed E-state index contributed by atoms with van der Waals surface area (Å²) in [7, 11) is 0. The van der Waals surface area contributed by atoms with Gasteiger partial charge in [0.1, 0.15) is 0 Å². The van der Waals surface area contributed by atoms with Crippen molar-refractivity contribution in [1.29, 1.82) is 0 Å². The zero-order valence-corrected chi connectivity index (χ0v) is 26.5. The van der Waals surface area contributed by atoms with Crippen LogP contribution in [0.1, 0.15) is 98.8 Å². The number of esters is 2. The van der Waals surface area contributed by atoms with Crippen LogP contribution >= 0.6 is 0 Å². The van der Waals surface area contributed by atoms with E-state index in [1.54, 1.807) is 0 Å². The van der Waals surface area contributed by atoms with Gasteiger partial charge < -0.3 is 25.0 Å². The Bertz CT molecular complexity index is 1250. The molecule has 0 aromatic rings. The molecule has 0 aromatic carbocycles. The number of ether oxygens (including phenoxy) is 2. The Morgan fingerprint density at radius 1 is 1.02 bits per heavy atom. The van der Waals surface area contributed by atoms with E-state index in [2.05, 4.69) is 12.2 Å². The molecule has 4 rings (SSSR count). The largest absolute Gasteiger partial charge is 0.479 e. The van der Waals surface area contributed by atoms with Gasteiger partial charge in [0, 0.05) is 37.1 Å². The molecule has 3 N–H and O–H groups in total. The van der Waals surface area contributed by atoms with Crippen molar-refractivity contribution < 1.29 is 48.5 Å². The number of carbonyl (C=O) groups excluding carboxylic acids is 5. The minimum Gasteiger partial charge on any atom is -0.479 e. The maximum atomic E-state index is 13.9. The first kappa shape index (κ1) is 33.8. The smallest absolute Gasteiger partial charge is 0.333 e. The van der Waals surface area contributed by atoms with Gasteiger partial charge in [-0.3, -0.25) is 24.0 Å². The van der Waals surface area contributed by atoms with Gasteiger partial charge in [0.05, 0.1) is 6.42 Å². The summed E-state index contributed by atoms with van der Waals surface area (Å²) in [6.45, 7) is 7.90. The Labute approximate surface area is 258 Å². The number of rotatable bonds is 11. The molecule has 0 aromatic heterocycles. The third-order valence-corrected chi connectivity index (χ3v) is 11.5. The van der Waals surface area contributed by atoms with E-state index in [4.69, 9.17) is 14.6 Å². The van der Waals surface area contributed by atoms with Crippen LogP contribution in [0.25, 0.3) is 0 Å². The van der Waals surface area contributed by atoms with Crippen molar-refractivity contribution in [2.75, 3.05) is 13.2 Å². The summed E-state index contributed by atoms with van der Waals surface area (Å²) >= 11 is 0. The number of carboxylic acids is 1. The van der Waals surface area contributed by atoms with Crippen LogP contribution in [0.2, 0.25) is 0 Å². The predicted octanol–water partition coefficient (Wildman–Crippen LogP) is 3.30. The van der Waals surface area contributed by atoms with Gasteiger partial charge in [0.15, 0.2) is 24.1 Å². The van der Waals surface area contributed by atoms with Gasteiger partial charge in [0.2, 0.25) is 11.7 Å². The third kappa shape index (κ3) is 6.08. The lowest BCUT2D eigenvalue weighted by molar-refractivity contribution is -0.191. The molecule has 7 atom stereocenters. The van der Waals surface area contributed by atoms with Crippen molar-refractivity contribution in [2.45, 2.75) is 111 Å². The van der Waals surface area contributed by atoms with Crippen LogP contribution in [0.4, 0.5) is 0 Å². The van der Waals surface area contributed by atoms with E-state index in [1.807, 2.05) is 13.0 Å². The molecule has 3 saturated carbocycles. The van der Waals surface area contributed by atoms with Gasteiger partial charge in [0.25, 0.3) is 0 Å². The molecule has 244 valence electrons. The fraction of sp³-hybridized carbons (Fsp3) is 0.758. The Balaban J connectivity index is 1.39. The standard InChI is InChI=1S/C33H47NO10/c1-19(35)44-33(25(37)17-43-27(39)9-8-26(38)34-18-30(2,3)28(40)29(41)42)15-12-24-22-7-6-20-16-21(36)10-13-31(20,4)23(22)11-14-32(24,33)5/h16,22-24,28,40H,6-15,17-18H2,1-5H3,(H,34,38)(H,41,42)/t22-,23+,24+,28?,31+,32+,33+/m1/s1. The molecule has 4 aliphatic rings. The van der Waals surface area contributed by atoms with Crippen molar-refractivity contribution in [3.8, 4) is 0 Å². The summed E-state index contributed by atoms with van der Waals surface area (Å²) < 4.78 is 11.2. The number of allylic oxidation sites excluding steroid dienone is 1. The normalized spacial score (nSPS) is 33.5. The Kier molecular flexibility index (Phi) is 9.50. The number of carboxylic acid groups (broad SMARTS) is 1. The third-order valence-electron chi connectivity index (χ3n) is 11.5. The lowest BCUT2D eigenvalue weighted by Gasteiger charge is -2.59. The van der Waals surface area contributed by atoms with Crippen LogP contribution in [0, 0.1) is 34.0 Å². The van der Waals surface area contributed by atoms with Crippen LogP contribution in [0.5, 0.6) is 0 Å². The molecule has 1 unspecified atom stereocenters. The topological polar surface area (TPSA) is 173 Å². The number of aliphatic hydroxyl groups excluding tert-OH is 1. The molecule has 0 bridgehead atoms. The van der Waals surface area contributed by atoms with Crippen molar-refractivity contribution in [3.05, 3.63) is 11.6 Å². The SMILES string of the molecule is CC(=O)O[C@]1(C(=O)COC(=O)CCC(=O)NCC(C)(C)C(O)C(=O)O)CC[C@H]2[C@@H]3CCC4=CC(=O)CC[C@]4(C)[C@H]3CC[C@@]21C. The number of hydrogen-bond acceptors (Lipinski definition) is 9. The summed E-state index contributed by atoms with van der Waals surface area (Å²) in [5.74, 6) is -2.64. The number of carbonyl (C=O) groups is 6. The number of fused-ring (bicyclic) bond motifs is 5. The monoisotopic (exact) mass is 617 g/mol. The highest BCUT2D eigenvalue weighted by Gasteiger charge is 2.68. The highest BCUT2D eigenvalue weighted by molar-refractivity contribution is 5.93. The molecular weight excluding hydrogens is 570 g/mol. The second-order valence-corrected chi connectivity index (χ2v) is 14.5. The fourth-order valence-electron chi connectivity index (χ4n) is 8.88. The zero-order chi connectivity index (χ0) is 32.7. The molecule has 3 fully saturated rings. The maximum absolute atomic E-state index is 13.9. The average Bonchev–Trinajstić information content (AvgIpc) is 3.25. The average molecular weight is 618 g/mol. The van der Waals surface area contributed by atoms with Gasteiger partial charge in [-0.25, -0.2) is 4.79 Å². The number of ketones is 2. The van der Waals surface area contributed by atoms with E-state index in [9.17, 15) is 33.9 Å². The first-order valence-corrected chi connectivity index (χ1v) is 15.8. The second-order valence-electron chi connectivity index (χ2n) is 14.5. The molecule has 4 aliphatic carbocycles. The van der Waals surface area contributed by atoms with Gasteiger partial charge in [-0.05, 0) is 74.2 Å². The van der Waals surface area contributed by atoms with E-state index >= 15 is 0 Å². The fourth-order valence-corrected chi connectivity index (χ4v) is 8.88. The minimum absolute atomic E-state index is 0.0392. The van der Waals surface area contributed by atoms with E-state index in [0.29, 0.717) is 37.5 Å². The van der Waals surface area contributed by atoms with E-state index in [1.165, 1.54) is 26.3 Å².